The number of nitrogens with zero attached hydrogens (tertiary/aromatic N) is 1. The van der Waals surface area contributed by atoms with Gasteiger partial charge >= 0.3 is 5.97 Å². The Hall–Kier alpha value is -1.36. The number of alkyl halides is 1. The second kappa shape index (κ2) is 5.56. The average molecular weight is 340 g/mol. The monoisotopic (exact) mass is 339 g/mol. The van der Waals surface area contributed by atoms with Gasteiger partial charge < -0.3 is 9.64 Å². The molecule has 1 fully saturated rings. The van der Waals surface area contributed by atoms with Crippen molar-refractivity contribution in [3.8, 4) is 0 Å². The van der Waals surface area contributed by atoms with Gasteiger partial charge in [0.1, 0.15) is 5.60 Å². The lowest BCUT2D eigenvalue weighted by Gasteiger charge is -2.20. The van der Waals surface area contributed by atoms with Crippen LogP contribution in [0.1, 0.15) is 37.6 Å². The average Bonchev–Trinajstić information content (AvgIpc) is 2.66. The lowest BCUT2D eigenvalue weighted by molar-refractivity contribution is -0.117. The van der Waals surface area contributed by atoms with Crippen molar-refractivity contribution in [2.45, 2.75) is 37.6 Å². The van der Waals surface area contributed by atoms with Crippen molar-refractivity contribution in [1.82, 2.24) is 0 Å². The molecule has 0 spiro atoms. The van der Waals surface area contributed by atoms with Crippen LogP contribution >= 0.6 is 15.9 Å². The van der Waals surface area contributed by atoms with Crippen molar-refractivity contribution in [2.75, 3.05) is 11.4 Å². The zero-order chi connectivity index (χ0) is 14.9. The fraction of sp³-hybridized carbons (Fsp3) is 0.467. The quantitative estimate of drug-likeness (QED) is 0.614. The van der Waals surface area contributed by atoms with E-state index in [1.807, 2.05) is 20.8 Å². The topological polar surface area (TPSA) is 46.6 Å². The van der Waals surface area contributed by atoms with E-state index >= 15 is 0 Å². The summed E-state index contributed by atoms with van der Waals surface area (Å²) in [6, 6.07) is 6.95. The van der Waals surface area contributed by atoms with Gasteiger partial charge in [-0.15, -0.1) is 0 Å². The number of halogens is 1. The van der Waals surface area contributed by atoms with E-state index < -0.39 is 5.60 Å². The molecule has 1 aromatic rings. The van der Waals surface area contributed by atoms with E-state index in [0.717, 1.165) is 5.69 Å². The molecule has 2 rings (SSSR count). The summed E-state index contributed by atoms with van der Waals surface area (Å²) >= 11 is 3.45. The molecule has 1 amide bonds. The van der Waals surface area contributed by atoms with E-state index in [-0.39, 0.29) is 16.7 Å². The van der Waals surface area contributed by atoms with Crippen molar-refractivity contribution in [3.63, 3.8) is 0 Å². The first-order valence-corrected chi connectivity index (χ1v) is 7.46. The summed E-state index contributed by atoms with van der Waals surface area (Å²) in [4.78, 5) is 25.6. The smallest absolute Gasteiger partial charge is 0.338 e. The minimum Gasteiger partial charge on any atom is -0.456 e. The highest BCUT2D eigenvalue weighted by Gasteiger charge is 2.28. The molecule has 4 nitrogen and oxygen atoms in total. The predicted molar refractivity (Wildman–Crippen MR) is 81.3 cm³/mol. The summed E-state index contributed by atoms with van der Waals surface area (Å²) in [5, 5.41) is 0. The van der Waals surface area contributed by atoms with E-state index in [9.17, 15) is 9.59 Å². The largest absolute Gasteiger partial charge is 0.456 e. The lowest BCUT2D eigenvalue weighted by Crippen LogP contribution is -2.25. The number of ether oxygens (including phenoxy) is 1. The van der Waals surface area contributed by atoms with Crippen molar-refractivity contribution in [1.29, 1.82) is 0 Å². The number of hydrogen-bond donors (Lipinski definition) is 0. The van der Waals surface area contributed by atoms with Gasteiger partial charge in [-0.1, -0.05) is 15.9 Å². The molecular formula is C15H18BrNO3. The number of benzene rings is 1. The number of hydrogen-bond acceptors (Lipinski definition) is 3. The Morgan fingerprint density at radius 3 is 2.35 bits per heavy atom. The van der Waals surface area contributed by atoms with E-state index in [1.165, 1.54) is 0 Å². The van der Waals surface area contributed by atoms with Gasteiger partial charge in [0, 0.05) is 23.5 Å². The molecule has 0 bridgehead atoms. The van der Waals surface area contributed by atoms with Crippen molar-refractivity contribution < 1.29 is 14.3 Å². The summed E-state index contributed by atoms with van der Waals surface area (Å²) < 4.78 is 5.30. The van der Waals surface area contributed by atoms with E-state index in [0.29, 0.717) is 18.5 Å². The third kappa shape index (κ3) is 3.60. The van der Waals surface area contributed by atoms with Gasteiger partial charge in [-0.3, -0.25) is 4.79 Å². The number of carbonyl (C=O) groups excluding carboxylic acids is 2. The van der Waals surface area contributed by atoms with Crippen LogP contribution in [0.3, 0.4) is 0 Å². The molecule has 0 N–H and O–H groups in total. The predicted octanol–water partition coefficient (Wildman–Crippen LogP) is 3.14. The van der Waals surface area contributed by atoms with Crippen molar-refractivity contribution in [3.05, 3.63) is 29.8 Å². The Bertz CT molecular complexity index is 519. The normalized spacial score (nSPS) is 19.3. The maximum atomic E-state index is 11.9. The summed E-state index contributed by atoms with van der Waals surface area (Å²) in [7, 11) is 0. The fourth-order valence-corrected chi connectivity index (χ4v) is 2.59. The van der Waals surface area contributed by atoms with Gasteiger partial charge in [0.15, 0.2) is 0 Å². The van der Waals surface area contributed by atoms with Crippen LogP contribution in [0.25, 0.3) is 0 Å². The summed E-state index contributed by atoms with van der Waals surface area (Å²) in [6.07, 6.45) is 0.508. The number of amides is 1. The van der Waals surface area contributed by atoms with Crippen LogP contribution in [0, 0.1) is 0 Å². The second-order valence-corrected chi connectivity index (χ2v) is 7.15. The van der Waals surface area contributed by atoms with Crippen LogP contribution in [-0.4, -0.2) is 28.8 Å². The van der Waals surface area contributed by atoms with Crippen molar-refractivity contribution in [2.24, 2.45) is 0 Å². The van der Waals surface area contributed by atoms with E-state index in [4.69, 9.17) is 4.74 Å². The SMILES string of the molecule is CC(C)(C)OC(=O)c1ccc(N2CC(Br)CC2=O)cc1. The third-order valence-electron chi connectivity index (χ3n) is 2.89. The number of anilines is 1. The van der Waals surface area contributed by atoms with Gasteiger partial charge in [-0.05, 0) is 45.0 Å². The Labute approximate surface area is 127 Å². The summed E-state index contributed by atoms with van der Waals surface area (Å²) in [5.41, 5.74) is 0.791. The molecule has 1 aromatic carbocycles. The van der Waals surface area contributed by atoms with Crippen LogP contribution in [-0.2, 0) is 9.53 Å². The Morgan fingerprint density at radius 2 is 1.90 bits per heavy atom. The van der Waals surface area contributed by atoms with Crippen LogP contribution in [0.4, 0.5) is 5.69 Å². The fourth-order valence-electron chi connectivity index (χ4n) is 2.03. The molecule has 1 atom stereocenters. The van der Waals surface area contributed by atoms with Gasteiger partial charge in [0.05, 0.1) is 5.56 Å². The highest BCUT2D eigenvalue weighted by molar-refractivity contribution is 9.09. The number of esters is 1. The number of carbonyl (C=O) groups is 2. The van der Waals surface area contributed by atoms with E-state index in [2.05, 4.69) is 15.9 Å². The zero-order valence-corrected chi connectivity index (χ0v) is 13.4. The van der Waals surface area contributed by atoms with Crippen LogP contribution in [0.15, 0.2) is 24.3 Å². The summed E-state index contributed by atoms with van der Waals surface area (Å²) in [5.74, 6) is -0.257. The molecule has 1 aliphatic heterocycles. The molecule has 1 unspecified atom stereocenters. The van der Waals surface area contributed by atoms with Crippen molar-refractivity contribution >= 4 is 33.5 Å². The van der Waals surface area contributed by atoms with Gasteiger partial charge in [0.25, 0.3) is 0 Å². The van der Waals surface area contributed by atoms with Crippen LogP contribution in [0.5, 0.6) is 0 Å². The Kier molecular flexibility index (Phi) is 4.18. The molecule has 0 aliphatic carbocycles. The molecule has 1 aliphatic rings. The highest BCUT2D eigenvalue weighted by atomic mass is 79.9. The Morgan fingerprint density at radius 1 is 1.30 bits per heavy atom. The first kappa shape index (κ1) is 15.0. The summed E-state index contributed by atoms with van der Waals surface area (Å²) in [6.45, 7) is 6.15. The van der Waals surface area contributed by atoms with Crippen LogP contribution in [0.2, 0.25) is 0 Å². The van der Waals surface area contributed by atoms with Gasteiger partial charge in [0.2, 0.25) is 5.91 Å². The zero-order valence-electron chi connectivity index (χ0n) is 11.9. The maximum absolute atomic E-state index is 11.9. The molecular weight excluding hydrogens is 322 g/mol. The molecule has 1 saturated heterocycles. The molecule has 108 valence electrons. The second-order valence-electron chi connectivity index (χ2n) is 5.85. The first-order valence-electron chi connectivity index (χ1n) is 6.54. The molecule has 0 saturated carbocycles. The highest BCUT2D eigenvalue weighted by Crippen LogP contribution is 2.25. The van der Waals surface area contributed by atoms with Crippen LogP contribution < -0.4 is 4.90 Å². The molecule has 1 heterocycles. The molecule has 5 heteroatoms. The minimum absolute atomic E-state index is 0.0943. The molecule has 0 aromatic heterocycles. The first-order chi connectivity index (χ1) is 9.26. The third-order valence-corrected chi connectivity index (χ3v) is 3.50. The number of rotatable bonds is 2. The van der Waals surface area contributed by atoms with Gasteiger partial charge in [-0.25, -0.2) is 4.79 Å². The maximum Gasteiger partial charge on any atom is 0.338 e. The molecule has 20 heavy (non-hydrogen) atoms. The van der Waals surface area contributed by atoms with Gasteiger partial charge in [-0.2, -0.15) is 0 Å². The molecule has 0 radical (unpaired) electrons. The lowest BCUT2D eigenvalue weighted by atomic mass is 10.1. The standard InChI is InChI=1S/C15H18BrNO3/c1-15(2,3)20-14(19)10-4-6-12(7-5-10)17-9-11(16)8-13(17)18/h4-7,11H,8-9H2,1-3H3. The van der Waals surface area contributed by atoms with E-state index in [1.54, 1.807) is 29.2 Å². The minimum atomic E-state index is -0.510. The Balaban J connectivity index is 2.11.